The number of halogens is 7. The molecule has 2 atom stereocenters. The van der Waals surface area contributed by atoms with Crippen LogP contribution in [0.25, 0.3) is 0 Å². The second kappa shape index (κ2) is 9.95. The fourth-order valence-corrected chi connectivity index (χ4v) is 4.24. The van der Waals surface area contributed by atoms with Crippen LogP contribution in [0.15, 0.2) is 47.5 Å². The number of aryl methyl sites for hydroxylation is 2. The molecule has 7 nitrogen and oxygen atoms in total. The minimum atomic E-state index is -5.21. The first-order valence-electron chi connectivity index (χ1n) is 10.6. The highest BCUT2D eigenvalue weighted by molar-refractivity contribution is 6.31. The molecule has 204 valence electrons. The summed E-state index contributed by atoms with van der Waals surface area (Å²) in [6, 6.07) is 4.49. The number of hydrogen-bond acceptors (Lipinski definition) is 5. The number of alkyl halides is 6. The molecule has 0 aliphatic carbocycles. The molecule has 0 spiro atoms. The molecule has 2 aromatic heterocycles. The Kier molecular flexibility index (Phi) is 7.59. The number of nitrogens with zero attached hydrogens (tertiary/aromatic N) is 2. The van der Waals surface area contributed by atoms with E-state index in [0.29, 0.717) is 12.3 Å². The van der Waals surface area contributed by atoms with Crippen LogP contribution < -0.4 is 10.3 Å². The SMILES string of the molecule is Cc1cc(C(O)(C(C)c2ccc(Oc3cc(C(F)(F)F)c(C(=O)O)cn3)cc2Cl)C(F)(F)F)cn(C)c1=O. The molecule has 38 heavy (non-hydrogen) atoms. The van der Waals surface area contributed by atoms with Crippen molar-refractivity contribution in [2.45, 2.75) is 37.7 Å². The summed E-state index contributed by atoms with van der Waals surface area (Å²) in [5.74, 6) is -4.44. The largest absolute Gasteiger partial charge is 0.478 e. The second-order valence-corrected chi connectivity index (χ2v) is 8.88. The van der Waals surface area contributed by atoms with Crippen molar-refractivity contribution in [3.8, 4) is 11.6 Å². The molecular formula is C24H19ClF6N2O5. The smallest absolute Gasteiger partial charge is 0.422 e. The Labute approximate surface area is 215 Å². The van der Waals surface area contributed by atoms with Gasteiger partial charge < -0.3 is 19.5 Å². The van der Waals surface area contributed by atoms with Crippen molar-refractivity contribution in [3.05, 3.63) is 85.9 Å². The van der Waals surface area contributed by atoms with Crippen molar-refractivity contribution in [2.24, 2.45) is 7.05 Å². The summed E-state index contributed by atoms with van der Waals surface area (Å²) in [4.78, 5) is 26.6. The van der Waals surface area contributed by atoms with Gasteiger partial charge in [0.25, 0.3) is 5.56 Å². The van der Waals surface area contributed by atoms with Crippen LogP contribution in [0.3, 0.4) is 0 Å². The van der Waals surface area contributed by atoms with Crippen molar-refractivity contribution < 1.29 is 46.1 Å². The minimum absolute atomic E-state index is 0.0330. The van der Waals surface area contributed by atoms with Crippen molar-refractivity contribution in [3.63, 3.8) is 0 Å². The Balaban J connectivity index is 2.02. The minimum Gasteiger partial charge on any atom is -0.478 e. The molecule has 1 aromatic carbocycles. The lowest BCUT2D eigenvalue weighted by Crippen LogP contribution is -2.47. The van der Waals surface area contributed by atoms with Gasteiger partial charge in [0.2, 0.25) is 5.88 Å². The van der Waals surface area contributed by atoms with E-state index in [-0.39, 0.29) is 21.9 Å². The predicted octanol–water partition coefficient (Wildman–Crippen LogP) is 5.81. The highest BCUT2D eigenvalue weighted by Gasteiger charge is 2.59. The number of carboxylic acids is 1. The van der Waals surface area contributed by atoms with Crippen LogP contribution in [0.2, 0.25) is 5.02 Å². The first-order chi connectivity index (χ1) is 17.4. The summed E-state index contributed by atoms with van der Waals surface area (Å²) in [5.41, 5.74) is -7.48. The average Bonchev–Trinajstić information content (AvgIpc) is 2.80. The van der Waals surface area contributed by atoms with E-state index in [0.717, 1.165) is 42.0 Å². The maximum absolute atomic E-state index is 14.3. The van der Waals surface area contributed by atoms with Gasteiger partial charge in [0.1, 0.15) is 5.75 Å². The number of pyridine rings is 2. The van der Waals surface area contributed by atoms with Crippen LogP contribution in [0.1, 0.15) is 45.5 Å². The lowest BCUT2D eigenvalue weighted by molar-refractivity contribution is -0.274. The van der Waals surface area contributed by atoms with Crippen molar-refractivity contribution in [1.29, 1.82) is 0 Å². The molecule has 0 fully saturated rings. The third-order valence-corrected chi connectivity index (χ3v) is 6.26. The Morgan fingerprint density at radius 1 is 1.13 bits per heavy atom. The number of ether oxygens (including phenoxy) is 1. The molecule has 0 saturated heterocycles. The standard InChI is InChI=1S/C24H19ClF6N2O5/c1-11-6-13(10-33(3)20(11)34)22(37,24(29,30)31)12(2)15-5-4-14(7-18(15)25)38-19-8-17(23(26,27)28)16(9-32-19)21(35)36/h4-10,12,37H,1-3H3,(H,35,36). The molecule has 2 unspecified atom stereocenters. The Morgan fingerprint density at radius 3 is 2.26 bits per heavy atom. The lowest BCUT2D eigenvalue weighted by Gasteiger charge is -2.37. The fraction of sp³-hybridized carbons (Fsp3) is 0.292. The summed E-state index contributed by atoms with van der Waals surface area (Å²) < 4.78 is 88.7. The van der Waals surface area contributed by atoms with E-state index in [9.17, 15) is 41.0 Å². The molecule has 0 saturated carbocycles. The number of rotatable bonds is 6. The summed E-state index contributed by atoms with van der Waals surface area (Å²) in [6.07, 6.45) is -8.92. The molecule has 3 aromatic rings. The van der Waals surface area contributed by atoms with E-state index in [1.165, 1.54) is 14.0 Å². The van der Waals surface area contributed by atoms with Crippen LogP contribution in [0.4, 0.5) is 26.3 Å². The zero-order valence-corrected chi connectivity index (χ0v) is 20.5. The number of hydrogen-bond donors (Lipinski definition) is 2. The predicted molar refractivity (Wildman–Crippen MR) is 123 cm³/mol. The monoisotopic (exact) mass is 564 g/mol. The van der Waals surface area contributed by atoms with Crippen LogP contribution in [-0.2, 0) is 18.8 Å². The van der Waals surface area contributed by atoms with Gasteiger partial charge in [-0.3, -0.25) is 4.79 Å². The topological polar surface area (TPSA) is 102 Å². The number of benzene rings is 1. The zero-order chi connectivity index (χ0) is 28.8. The Bertz CT molecular complexity index is 1430. The number of carboxylic acid groups (broad SMARTS) is 1. The van der Waals surface area contributed by atoms with Crippen LogP contribution in [0, 0.1) is 6.92 Å². The average molecular weight is 565 g/mol. The number of carbonyl (C=O) groups is 1. The van der Waals surface area contributed by atoms with Crippen molar-refractivity contribution in [2.75, 3.05) is 0 Å². The highest BCUT2D eigenvalue weighted by atomic mass is 35.5. The third kappa shape index (κ3) is 5.34. The maximum atomic E-state index is 14.3. The summed E-state index contributed by atoms with van der Waals surface area (Å²) in [7, 11) is 1.24. The van der Waals surface area contributed by atoms with E-state index in [1.54, 1.807) is 0 Å². The summed E-state index contributed by atoms with van der Waals surface area (Å²) >= 11 is 6.20. The van der Waals surface area contributed by atoms with Gasteiger partial charge in [-0.15, -0.1) is 0 Å². The van der Waals surface area contributed by atoms with Gasteiger partial charge in [0.15, 0.2) is 5.60 Å². The van der Waals surface area contributed by atoms with E-state index in [2.05, 4.69) is 4.98 Å². The zero-order valence-electron chi connectivity index (χ0n) is 19.8. The molecule has 0 aliphatic heterocycles. The molecule has 14 heteroatoms. The van der Waals surface area contributed by atoms with Gasteiger partial charge in [-0.05, 0) is 30.7 Å². The Hall–Kier alpha value is -3.58. The van der Waals surface area contributed by atoms with Crippen molar-refractivity contribution in [1.82, 2.24) is 9.55 Å². The van der Waals surface area contributed by atoms with E-state index < -0.39 is 58.0 Å². The first kappa shape index (κ1) is 29.0. The first-order valence-corrected chi connectivity index (χ1v) is 11.0. The van der Waals surface area contributed by atoms with E-state index in [4.69, 9.17) is 21.4 Å². The van der Waals surface area contributed by atoms with Gasteiger partial charge in [0.05, 0.1) is 11.1 Å². The molecule has 0 bridgehead atoms. The second-order valence-electron chi connectivity index (χ2n) is 8.47. The highest BCUT2D eigenvalue weighted by Crippen LogP contribution is 2.50. The third-order valence-electron chi connectivity index (χ3n) is 5.94. The molecule has 0 aliphatic rings. The summed E-state index contributed by atoms with van der Waals surface area (Å²) in [5, 5.41) is 19.6. The van der Waals surface area contributed by atoms with Gasteiger partial charge in [-0.1, -0.05) is 24.6 Å². The molecule has 0 amide bonds. The number of aromatic nitrogens is 2. The van der Waals surface area contributed by atoms with Gasteiger partial charge in [0, 0.05) is 47.6 Å². The van der Waals surface area contributed by atoms with Crippen LogP contribution in [-0.4, -0.2) is 31.9 Å². The molecule has 0 radical (unpaired) electrons. The van der Waals surface area contributed by atoms with Crippen molar-refractivity contribution >= 4 is 17.6 Å². The van der Waals surface area contributed by atoms with Gasteiger partial charge >= 0.3 is 18.3 Å². The normalized spacial score (nSPS) is 14.6. The molecule has 2 N–H and O–H groups in total. The molecule has 3 rings (SSSR count). The molecular weight excluding hydrogens is 546 g/mol. The molecule has 2 heterocycles. The fourth-order valence-electron chi connectivity index (χ4n) is 3.91. The van der Waals surface area contributed by atoms with E-state index in [1.807, 2.05) is 0 Å². The van der Waals surface area contributed by atoms with Crippen LogP contribution in [0.5, 0.6) is 11.6 Å². The lowest BCUT2D eigenvalue weighted by atomic mass is 9.78. The quantitative estimate of drug-likeness (QED) is 0.367. The van der Waals surface area contributed by atoms with Gasteiger partial charge in [-0.2, -0.15) is 26.3 Å². The van der Waals surface area contributed by atoms with Crippen LogP contribution >= 0.6 is 11.6 Å². The van der Waals surface area contributed by atoms with E-state index >= 15 is 0 Å². The summed E-state index contributed by atoms with van der Waals surface area (Å²) in [6.45, 7) is 2.37. The number of aliphatic hydroxyl groups is 1. The Morgan fingerprint density at radius 2 is 1.76 bits per heavy atom. The van der Waals surface area contributed by atoms with Gasteiger partial charge in [-0.25, -0.2) is 9.78 Å². The number of aromatic carboxylic acids is 1. The maximum Gasteiger partial charge on any atom is 0.422 e.